The van der Waals surface area contributed by atoms with Crippen LogP contribution in [0.15, 0.2) is 36.7 Å². The number of nitrogens with zero attached hydrogens (tertiary/aromatic N) is 2. The zero-order valence-corrected chi connectivity index (χ0v) is 19.8. The Morgan fingerprint density at radius 1 is 0.871 bits per heavy atom. The predicted octanol–water partition coefficient (Wildman–Crippen LogP) is 6.90. The Hall–Kier alpha value is -1.41. The monoisotopic (exact) mass is 416 g/mol. The van der Waals surface area contributed by atoms with Crippen LogP contribution in [0.3, 0.4) is 0 Å². The van der Waals surface area contributed by atoms with Crippen LogP contribution in [-0.2, 0) is 0 Å². The van der Waals surface area contributed by atoms with Crippen molar-refractivity contribution < 1.29 is 0 Å². The van der Waals surface area contributed by atoms with Gasteiger partial charge >= 0.3 is 0 Å². The highest BCUT2D eigenvalue weighted by molar-refractivity contribution is 5.82. The van der Waals surface area contributed by atoms with Crippen molar-refractivity contribution in [3.8, 4) is 0 Å². The molecule has 0 N–H and O–H groups in total. The molecular weight excluding hydrogens is 376 g/mol. The smallest absolute Gasteiger partial charge is 0.0346 e. The first-order valence-electron chi connectivity index (χ1n) is 13.0. The fourth-order valence-corrected chi connectivity index (χ4v) is 9.16. The second-order valence-electron chi connectivity index (χ2n) is 12.0. The van der Waals surface area contributed by atoms with Crippen LogP contribution in [0.5, 0.6) is 0 Å². The molecule has 0 radical (unpaired) electrons. The fraction of sp³-hybridized carbons (Fsp3) is 0.690. The van der Waals surface area contributed by atoms with Crippen molar-refractivity contribution in [2.24, 2.45) is 35.0 Å². The Balaban J connectivity index is 1.24. The lowest BCUT2D eigenvalue weighted by Gasteiger charge is -2.56. The lowest BCUT2D eigenvalue weighted by atomic mass is 9.49. The molecular formula is C29H40N2. The van der Waals surface area contributed by atoms with Crippen molar-refractivity contribution in [1.82, 2.24) is 9.88 Å². The summed E-state index contributed by atoms with van der Waals surface area (Å²) in [4.78, 5) is 6.81. The van der Waals surface area contributed by atoms with Crippen LogP contribution >= 0.6 is 0 Å². The molecule has 4 aliphatic rings. The van der Waals surface area contributed by atoms with Gasteiger partial charge in [0.2, 0.25) is 0 Å². The van der Waals surface area contributed by atoms with E-state index in [0.717, 1.165) is 41.5 Å². The van der Waals surface area contributed by atoms with Crippen LogP contribution in [0, 0.1) is 35.0 Å². The van der Waals surface area contributed by atoms with Crippen molar-refractivity contribution in [3.63, 3.8) is 0 Å². The van der Waals surface area contributed by atoms with Gasteiger partial charge in [-0.05, 0) is 130 Å². The molecule has 2 aromatic rings. The van der Waals surface area contributed by atoms with Crippen molar-refractivity contribution in [1.29, 1.82) is 0 Å². The minimum atomic E-state index is 0.509. The third-order valence-electron chi connectivity index (χ3n) is 10.7. The number of hydrogen-bond donors (Lipinski definition) is 0. The minimum absolute atomic E-state index is 0.509. The standard InChI is InChI=1S/C29H40N2/c1-29-14-12-25-24-9-7-23(31(2)3)17-20(24)6-8-26(25)28(29)11-10-27(29)21-4-5-22-18-30-15-13-19(22)16-21/h4-5,13,15-16,18,20,23-28H,6-12,14,17H2,1-3H3/t20-,23?,24?,25+,26?,27?,28-,29?/m0/s1. The molecule has 166 valence electrons. The lowest BCUT2D eigenvalue weighted by molar-refractivity contribution is -0.0624. The maximum absolute atomic E-state index is 4.31. The van der Waals surface area contributed by atoms with E-state index in [1.165, 1.54) is 68.6 Å². The number of rotatable bonds is 2. The predicted molar refractivity (Wildman–Crippen MR) is 129 cm³/mol. The van der Waals surface area contributed by atoms with Crippen molar-refractivity contribution >= 4 is 10.8 Å². The molecule has 31 heavy (non-hydrogen) atoms. The molecule has 2 heteroatoms. The minimum Gasteiger partial charge on any atom is -0.306 e. The van der Waals surface area contributed by atoms with E-state index in [4.69, 9.17) is 0 Å². The van der Waals surface area contributed by atoms with E-state index in [1.54, 1.807) is 5.56 Å². The SMILES string of the molecule is CN(C)C1CCC2[C@@H](CCC3[C@@H]2CCC2(C)C(c4ccc5cnccc5c4)CC[C@@H]32)C1. The first-order valence-corrected chi connectivity index (χ1v) is 13.0. The summed E-state index contributed by atoms with van der Waals surface area (Å²) in [6, 6.07) is 10.3. The van der Waals surface area contributed by atoms with Gasteiger partial charge in [-0.2, -0.15) is 0 Å². The summed E-state index contributed by atoms with van der Waals surface area (Å²) in [5, 5.41) is 2.65. The van der Waals surface area contributed by atoms with Crippen molar-refractivity contribution in [2.45, 2.75) is 76.7 Å². The molecule has 1 aromatic carbocycles. The summed E-state index contributed by atoms with van der Waals surface area (Å²) in [5.41, 5.74) is 2.11. The number of pyridine rings is 1. The highest BCUT2D eigenvalue weighted by Gasteiger charge is 2.57. The summed E-state index contributed by atoms with van der Waals surface area (Å²) >= 11 is 0. The van der Waals surface area contributed by atoms with E-state index in [2.05, 4.69) is 55.2 Å². The number of aromatic nitrogens is 1. The largest absolute Gasteiger partial charge is 0.306 e. The molecule has 4 fully saturated rings. The summed E-state index contributed by atoms with van der Waals surface area (Å²) in [6.45, 7) is 2.68. The van der Waals surface area contributed by atoms with Crippen LogP contribution in [0.2, 0.25) is 0 Å². The Bertz CT molecular complexity index is 951. The van der Waals surface area contributed by atoms with E-state index >= 15 is 0 Å². The molecule has 5 unspecified atom stereocenters. The van der Waals surface area contributed by atoms with Crippen LogP contribution in [0.25, 0.3) is 10.8 Å². The van der Waals surface area contributed by atoms with Crippen LogP contribution < -0.4 is 0 Å². The van der Waals surface area contributed by atoms with E-state index in [0.29, 0.717) is 5.41 Å². The topological polar surface area (TPSA) is 16.1 Å². The molecule has 8 atom stereocenters. The third kappa shape index (κ3) is 3.19. The molecule has 0 spiro atoms. The Morgan fingerprint density at radius 2 is 1.74 bits per heavy atom. The second-order valence-corrected chi connectivity index (χ2v) is 12.0. The highest BCUT2D eigenvalue weighted by Crippen LogP contribution is 2.66. The molecule has 0 bridgehead atoms. The number of fused-ring (bicyclic) bond motifs is 6. The summed E-state index contributed by atoms with van der Waals surface area (Å²) in [7, 11) is 4.59. The molecule has 4 saturated carbocycles. The van der Waals surface area contributed by atoms with Gasteiger partial charge in [0, 0.05) is 23.8 Å². The van der Waals surface area contributed by atoms with E-state index in [-0.39, 0.29) is 0 Å². The van der Waals surface area contributed by atoms with Gasteiger partial charge in [0.25, 0.3) is 0 Å². The van der Waals surface area contributed by atoms with Gasteiger partial charge in [0.05, 0.1) is 0 Å². The molecule has 0 amide bonds. The third-order valence-corrected chi connectivity index (χ3v) is 10.7. The molecule has 4 aliphatic carbocycles. The van der Waals surface area contributed by atoms with E-state index in [9.17, 15) is 0 Å². The van der Waals surface area contributed by atoms with Crippen LogP contribution in [0.1, 0.15) is 76.2 Å². The van der Waals surface area contributed by atoms with Crippen molar-refractivity contribution in [2.75, 3.05) is 14.1 Å². The van der Waals surface area contributed by atoms with Gasteiger partial charge in [-0.3, -0.25) is 4.98 Å². The normalized spacial score (nSPS) is 42.3. The van der Waals surface area contributed by atoms with Crippen LogP contribution in [-0.4, -0.2) is 30.0 Å². The molecule has 2 nitrogen and oxygen atoms in total. The first-order chi connectivity index (χ1) is 15.0. The van der Waals surface area contributed by atoms with Gasteiger partial charge in [-0.1, -0.05) is 25.1 Å². The maximum atomic E-state index is 4.31. The van der Waals surface area contributed by atoms with Gasteiger partial charge < -0.3 is 4.90 Å². The molecule has 0 saturated heterocycles. The average Bonchev–Trinajstić information content (AvgIpc) is 3.15. The highest BCUT2D eigenvalue weighted by atomic mass is 15.1. The quantitative estimate of drug-likeness (QED) is 0.529. The van der Waals surface area contributed by atoms with Gasteiger partial charge in [0.15, 0.2) is 0 Å². The van der Waals surface area contributed by atoms with Crippen molar-refractivity contribution in [3.05, 3.63) is 42.2 Å². The van der Waals surface area contributed by atoms with Crippen LogP contribution in [0.4, 0.5) is 0 Å². The Morgan fingerprint density at radius 3 is 2.61 bits per heavy atom. The molecule has 6 rings (SSSR count). The zero-order valence-electron chi connectivity index (χ0n) is 19.8. The van der Waals surface area contributed by atoms with Gasteiger partial charge in [-0.25, -0.2) is 0 Å². The van der Waals surface area contributed by atoms with Gasteiger partial charge in [0.1, 0.15) is 0 Å². The zero-order chi connectivity index (χ0) is 21.2. The fourth-order valence-electron chi connectivity index (χ4n) is 9.16. The molecule has 1 aromatic heterocycles. The second kappa shape index (κ2) is 7.58. The number of hydrogen-bond acceptors (Lipinski definition) is 2. The number of benzene rings is 1. The lowest BCUT2D eigenvalue weighted by Crippen LogP contribution is -2.49. The molecule has 0 aliphatic heterocycles. The van der Waals surface area contributed by atoms with Gasteiger partial charge in [-0.15, -0.1) is 0 Å². The maximum Gasteiger partial charge on any atom is 0.0346 e. The summed E-state index contributed by atoms with van der Waals surface area (Å²) < 4.78 is 0. The molecule has 1 heterocycles. The Kier molecular flexibility index (Phi) is 4.94. The Labute approximate surface area is 188 Å². The van der Waals surface area contributed by atoms with E-state index in [1.807, 2.05) is 12.4 Å². The van der Waals surface area contributed by atoms with E-state index < -0.39 is 0 Å². The first kappa shape index (κ1) is 20.2. The summed E-state index contributed by atoms with van der Waals surface area (Å²) in [6.07, 6.45) is 17.2. The average molecular weight is 417 g/mol. The summed E-state index contributed by atoms with van der Waals surface area (Å²) in [5.74, 6) is 5.78.